The Morgan fingerprint density at radius 2 is 1.27 bits per heavy atom. The normalized spacial score (nSPS) is 11.2. The molecule has 3 aromatic heterocycles. The predicted molar refractivity (Wildman–Crippen MR) is 181 cm³/mol. The van der Waals surface area contributed by atoms with Gasteiger partial charge in [0.25, 0.3) is 0 Å². The molecule has 6 heteroatoms. The van der Waals surface area contributed by atoms with E-state index in [9.17, 15) is 0 Å². The van der Waals surface area contributed by atoms with Gasteiger partial charge in [0.2, 0.25) is 0 Å². The second-order valence-corrected chi connectivity index (χ2v) is 11.0. The summed E-state index contributed by atoms with van der Waals surface area (Å²) in [4.78, 5) is 19.0. The van der Waals surface area contributed by atoms with E-state index >= 15 is 0 Å². The largest absolute Gasteiger partial charge is 0.456 e. The number of aryl methyl sites for hydroxylation is 1. The highest BCUT2D eigenvalue weighted by molar-refractivity contribution is 6.07. The van der Waals surface area contributed by atoms with Gasteiger partial charge in [0.05, 0.1) is 0 Å². The van der Waals surface area contributed by atoms with Crippen molar-refractivity contribution in [3.05, 3.63) is 145 Å². The van der Waals surface area contributed by atoms with Crippen LogP contribution in [0, 0.1) is 6.92 Å². The molecular formula is C39H27N5O. The molecule has 0 aliphatic heterocycles. The number of nitrogens with one attached hydrogen (secondary N) is 1. The Morgan fingerprint density at radius 3 is 2.07 bits per heavy atom. The number of hydrogen-bond donors (Lipinski definition) is 1. The molecule has 5 aromatic carbocycles. The highest BCUT2D eigenvalue weighted by Gasteiger charge is 2.15. The Bertz CT molecular complexity index is 2310. The van der Waals surface area contributed by atoms with E-state index in [1.54, 1.807) is 6.20 Å². The van der Waals surface area contributed by atoms with E-state index < -0.39 is 0 Å². The lowest BCUT2D eigenvalue weighted by Gasteiger charge is -2.12. The van der Waals surface area contributed by atoms with Gasteiger partial charge in [-0.2, -0.15) is 0 Å². The molecule has 45 heavy (non-hydrogen) atoms. The Kier molecular flexibility index (Phi) is 6.57. The number of hydrogen-bond acceptors (Lipinski definition) is 6. The molecular weight excluding hydrogens is 554 g/mol. The van der Waals surface area contributed by atoms with Crippen molar-refractivity contribution in [1.82, 2.24) is 19.9 Å². The van der Waals surface area contributed by atoms with Crippen molar-refractivity contribution >= 4 is 33.3 Å². The van der Waals surface area contributed by atoms with Crippen LogP contribution in [0.3, 0.4) is 0 Å². The first-order valence-electron chi connectivity index (χ1n) is 14.8. The second kappa shape index (κ2) is 11.2. The summed E-state index contributed by atoms with van der Waals surface area (Å²) in [5.74, 6) is 1.86. The number of aromatic nitrogens is 4. The number of nitrogens with zero attached hydrogens (tertiary/aromatic N) is 4. The number of anilines is 2. The molecule has 0 unspecified atom stereocenters. The van der Waals surface area contributed by atoms with Crippen molar-refractivity contribution in [2.24, 2.45) is 0 Å². The fourth-order valence-corrected chi connectivity index (χ4v) is 5.65. The molecule has 1 N–H and O–H groups in total. The maximum absolute atomic E-state index is 6.35. The summed E-state index contributed by atoms with van der Waals surface area (Å²) in [6.07, 6.45) is 3.67. The minimum absolute atomic E-state index is 0.595. The predicted octanol–water partition coefficient (Wildman–Crippen LogP) is 9.89. The van der Waals surface area contributed by atoms with Gasteiger partial charge in [0.15, 0.2) is 17.5 Å². The van der Waals surface area contributed by atoms with Crippen LogP contribution in [-0.2, 0) is 0 Å². The number of para-hydroxylation sites is 1. The molecule has 0 saturated carbocycles. The highest BCUT2D eigenvalue weighted by Crippen LogP contribution is 2.36. The molecule has 0 amide bonds. The molecule has 214 valence electrons. The van der Waals surface area contributed by atoms with Crippen molar-refractivity contribution in [1.29, 1.82) is 0 Å². The molecule has 3 heterocycles. The quantitative estimate of drug-likeness (QED) is 0.211. The van der Waals surface area contributed by atoms with Gasteiger partial charge in [-0.25, -0.2) is 15.0 Å². The Balaban J connectivity index is 1.19. The molecule has 6 nitrogen and oxygen atoms in total. The fraction of sp³-hybridized carbons (Fsp3) is 0.0256. The van der Waals surface area contributed by atoms with Gasteiger partial charge < -0.3 is 9.73 Å². The number of pyridine rings is 1. The van der Waals surface area contributed by atoms with Gasteiger partial charge >= 0.3 is 0 Å². The monoisotopic (exact) mass is 581 g/mol. The van der Waals surface area contributed by atoms with Gasteiger partial charge in [-0.05, 0) is 55.5 Å². The Labute approximate surface area is 260 Å². The number of fused-ring (bicyclic) bond motifs is 3. The Morgan fingerprint density at radius 1 is 0.533 bits per heavy atom. The van der Waals surface area contributed by atoms with E-state index in [2.05, 4.69) is 65.8 Å². The first-order chi connectivity index (χ1) is 22.2. The molecule has 0 fully saturated rings. The third kappa shape index (κ3) is 5.19. The summed E-state index contributed by atoms with van der Waals surface area (Å²) in [6.45, 7) is 2.07. The van der Waals surface area contributed by atoms with Gasteiger partial charge in [0, 0.05) is 62.4 Å². The first kappa shape index (κ1) is 26.5. The van der Waals surface area contributed by atoms with Crippen LogP contribution in [0.2, 0.25) is 0 Å². The van der Waals surface area contributed by atoms with Crippen LogP contribution >= 0.6 is 0 Å². The molecule has 0 bridgehead atoms. The average Bonchev–Trinajstić information content (AvgIpc) is 3.46. The SMILES string of the molecule is Cc1cccc(-c2nc(-c3ccccc3)nc(-c3ccc4c(c3)oc3ccc(Nc5ccccc5-c5cccnc5)cc34)n2)c1. The summed E-state index contributed by atoms with van der Waals surface area (Å²) < 4.78 is 6.35. The molecule has 0 aliphatic carbocycles. The summed E-state index contributed by atoms with van der Waals surface area (Å²) in [7, 11) is 0. The summed E-state index contributed by atoms with van der Waals surface area (Å²) in [5.41, 5.74) is 9.60. The van der Waals surface area contributed by atoms with Crippen LogP contribution in [-0.4, -0.2) is 19.9 Å². The molecule has 0 spiro atoms. The van der Waals surface area contributed by atoms with Crippen LogP contribution in [0.5, 0.6) is 0 Å². The van der Waals surface area contributed by atoms with Gasteiger partial charge in [-0.3, -0.25) is 4.98 Å². The van der Waals surface area contributed by atoms with Crippen LogP contribution in [0.1, 0.15) is 5.56 Å². The third-order valence-corrected chi connectivity index (χ3v) is 7.85. The topological polar surface area (TPSA) is 76.7 Å². The van der Waals surface area contributed by atoms with E-state index in [0.29, 0.717) is 17.5 Å². The molecule has 8 rings (SSSR count). The van der Waals surface area contributed by atoms with Crippen molar-refractivity contribution in [3.8, 4) is 45.3 Å². The number of rotatable bonds is 6. The lowest BCUT2D eigenvalue weighted by Crippen LogP contribution is -2.00. The van der Waals surface area contributed by atoms with E-state index in [0.717, 1.165) is 66.7 Å². The van der Waals surface area contributed by atoms with Gasteiger partial charge in [0.1, 0.15) is 11.2 Å². The number of benzene rings is 5. The summed E-state index contributed by atoms with van der Waals surface area (Å²) in [5, 5.41) is 5.66. The van der Waals surface area contributed by atoms with E-state index in [-0.39, 0.29) is 0 Å². The van der Waals surface area contributed by atoms with Crippen molar-refractivity contribution < 1.29 is 4.42 Å². The zero-order valence-corrected chi connectivity index (χ0v) is 24.5. The standard InChI is InChI=1S/C39H27N5O/c1-25-9-7-12-27(21-25)38-42-37(26-10-3-2-4-11-26)43-39(44-38)28-16-18-32-33-23-30(17-19-35(33)45-36(32)22-28)41-34-15-6-5-14-31(34)29-13-8-20-40-24-29/h2-24,41H,1H3. The minimum Gasteiger partial charge on any atom is -0.456 e. The van der Waals surface area contributed by atoms with Gasteiger partial charge in [-0.15, -0.1) is 0 Å². The lowest BCUT2D eigenvalue weighted by molar-refractivity contribution is 0.669. The zero-order valence-electron chi connectivity index (χ0n) is 24.5. The second-order valence-electron chi connectivity index (χ2n) is 11.0. The first-order valence-corrected chi connectivity index (χ1v) is 14.8. The van der Waals surface area contributed by atoms with Crippen LogP contribution < -0.4 is 5.32 Å². The molecule has 0 radical (unpaired) electrons. The molecule has 0 saturated heterocycles. The Hall–Kier alpha value is -6.14. The maximum Gasteiger partial charge on any atom is 0.164 e. The summed E-state index contributed by atoms with van der Waals surface area (Å²) >= 11 is 0. The minimum atomic E-state index is 0.595. The fourth-order valence-electron chi connectivity index (χ4n) is 5.65. The van der Waals surface area contributed by atoms with E-state index in [1.165, 1.54) is 0 Å². The highest BCUT2D eigenvalue weighted by atomic mass is 16.3. The summed E-state index contributed by atoms with van der Waals surface area (Å²) in [6, 6.07) is 42.8. The maximum atomic E-state index is 6.35. The van der Waals surface area contributed by atoms with Crippen LogP contribution in [0.25, 0.3) is 67.2 Å². The molecule has 0 aliphatic rings. The molecule has 0 atom stereocenters. The van der Waals surface area contributed by atoms with Gasteiger partial charge in [-0.1, -0.05) is 84.4 Å². The lowest BCUT2D eigenvalue weighted by atomic mass is 10.0. The third-order valence-electron chi connectivity index (χ3n) is 7.85. The van der Waals surface area contributed by atoms with E-state index in [4.69, 9.17) is 19.4 Å². The smallest absolute Gasteiger partial charge is 0.164 e. The van der Waals surface area contributed by atoms with E-state index in [1.807, 2.05) is 85.1 Å². The van der Waals surface area contributed by atoms with Crippen LogP contribution in [0.4, 0.5) is 11.4 Å². The average molecular weight is 582 g/mol. The number of furan rings is 1. The molecule has 8 aromatic rings. The van der Waals surface area contributed by atoms with Crippen molar-refractivity contribution in [2.45, 2.75) is 6.92 Å². The van der Waals surface area contributed by atoms with Crippen molar-refractivity contribution in [3.63, 3.8) is 0 Å². The van der Waals surface area contributed by atoms with Crippen LogP contribution in [0.15, 0.2) is 144 Å². The van der Waals surface area contributed by atoms with Crippen molar-refractivity contribution in [2.75, 3.05) is 5.32 Å². The zero-order chi connectivity index (χ0) is 30.2.